The topological polar surface area (TPSA) is 114 Å². The summed E-state index contributed by atoms with van der Waals surface area (Å²) in [4.78, 5) is 11.3. The molecule has 5 N–H and O–H groups in total. The maximum atomic E-state index is 11.3. The van der Waals surface area contributed by atoms with Gasteiger partial charge >= 0.3 is 0 Å². The molecule has 1 aliphatic rings. The van der Waals surface area contributed by atoms with Crippen LogP contribution in [0.5, 0.6) is 0 Å². The van der Waals surface area contributed by atoms with E-state index in [1.807, 2.05) is 6.92 Å². The first-order chi connectivity index (χ1) is 10.9. The third-order valence-electron chi connectivity index (χ3n) is 4.12. The molecule has 1 fully saturated rings. The SMILES string of the molecule is CC(=O)N[C@@H]1CCC(C)(OCCCCCN)OC1C[C@H](O)CO. The summed E-state index contributed by atoms with van der Waals surface area (Å²) in [5, 5.41) is 21.6. The van der Waals surface area contributed by atoms with Crippen LogP contribution in [0.15, 0.2) is 0 Å². The summed E-state index contributed by atoms with van der Waals surface area (Å²) in [5.74, 6) is -0.856. The van der Waals surface area contributed by atoms with Crippen molar-refractivity contribution in [2.75, 3.05) is 19.8 Å². The molecular weight excluding hydrogens is 300 g/mol. The van der Waals surface area contributed by atoms with E-state index in [9.17, 15) is 9.90 Å². The Hall–Kier alpha value is -0.730. The summed E-state index contributed by atoms with van der Waals surface area (Å²) < 4.78 is 11.9. The molecule has 1 saturated heterocycles. The lowest BCUT2D eigenvalue weighted by Crippen LogP contribution is -2.54. The molecule has 0 spiro atoms. The van der Waals surface area contributed by atoms with Crippen molar-refractivity contribution in [2.24, 2.45) is 5.73 Å². The van der Waals surface area contributed by atoms with Gasteiger partial charge in [0.2, 0.25) is 5.91 Å². The quantitative estimate of drug-likeness (QED) is 0.427. The smallest absolute Gasteiger partial charge is 0.217 e. The fraction of sp³-hybridized carbons (Fsp3) is 0.938. The monoisotopic (exact) mass is 332 g/mol. The molecule has 7 heteroatoms. The Bertz CT molecular complexity index is 355. The first-order valence-corrected chi connectivity index (χ1v) is 8.48. The van der Waals surface area contributed by atoms with Gasteiger partial charge in [0, 0.05) is 19.8 Å². The van der Waals surface area contributed by atoms with Gasteiger partial charge in [0.1, 0.15) is 0 Å². The Morgan fingerprint density at radius 1 is 1.48 bits per heavy atom. The van der Waals surface area contributed by atoms with Crippen molar-refractivity contribution in [2.45, 2.75) is 76.4 Å². The van der Waals surface area contributed by atoms with E-state index in [1.54, 1.807) is 0 Å². The van der Waals surface area contributed by atoms with E-state index in [0.29, 0.717) is 26.0 Å². The van der Waals surface area contributed by atoms with Crippen molar-refractivity contribution in [1.82, 2.24) is 5.32 Å². The van der Waals surface area contributed by atoms with Crippen molar-refractivity contribution >= 4 is 5.91 Å². The largest absolute Gasteiger partial charge is 0.394 e. The van der Waals surface area contributed by atoms with E-state index in [-0.39, 0.29) is 31.1 Å². The van der Waals surface area contributed by atoms with Gasteiger partial charge in [-0.05, 0) is 39.2 Å². The van der Waals surface area contributed by atoms with Crippen molar-refractivity contribution in [3.63, 3.8) is 0 Å². The first-order valence-electron chi connectivity index (χ1n) is 8.48. The summed E-state index contributed by atoms with van der Waals surface area (Å²) in [5.41, 5.74) is 5.47. The highest BCUT2D eigenvalue weighted by Crippen LogP contribution is 2.32. The number of unbranched alkanes of at least 4 members (excludes halogenated alkanes) is 2. The van der Waals surface area contributed by atoms with E-state index < -0.39 is 11.9 Å². The predicted molar refractivity (Wildman–Crippen MR) is 86.7 cm³/mol. The number of nitrogens with two attached hydrogens (primary N) is 1. The number of carbonyl (C=O) groups excluding carboxylic acids is 1. The fourth-order valence-corrected chi connectivity index (χ4v) is 2.86. The van der Waals surface area contributed by atoms with Crippen LogP contribution in [-0.4, -0.2) is 59.9 Å². The number of ether oxygens (including phenoxy) is 2. The second kappa shape index (κ2) is 10.2. The number of aliphatic hydroxyl groups excluding tert-OH is 2. The first kappa shape index (κ1) is 20.3. The van der Waals surface area contributed by atoms with Crippen LogP contribution in [-0.2, 0) is 14.3 Å². The highest BCUT2D eigenvalue weighted by Gasteiger charge is 2.40. The predicted octanol–water partition coefficient (Wildman–Crippen LogP) is 0.275. The number of hydrogen-bond donors (Lipinski definition) is 4. The van der Waals surface area contributed by atoms with Gasteiger partial charge in [0.05, 0.1) is 31.5 Å². The van der Waals surface area contributed by atoms with Gasteiger partial charge in [-0.3, -0.25) is 4.79 Å². The van der Waals surface area contributed by atoms with Gasteiger partial charge in [-0.15, -0.1) is 0 Å². The van der Waals surface area contributed by atoms with Crippen LogP contribution in [0, 0.1) is 0 Å². The highest BCUT2D eigenvalue weighted by molar-refractivity contribution is 5.73. The van der Waals surface area contributed by atoms with Crippen molar-refractivity contribution < 1.29 is 24.5 Å². The average Bonchev–Trinajstić information content (AvgIpc) is 2.49. The van der Waals surface area contributed by atoms with E-state index >= 15 is 0 Å². The van der Waals surface area contributed by atoms with E-state index in [0.717, 1.165) is 19.3 Å². The molecule has 2 unspecified atom stereocenters. The lowest BCUT2D eigenvalue weighted by atomic mass is 9.93. The number of nitrogens with one attached hydrogen (secondary N) is 1. The molecule has 0 saturated carbocycles. The minimum Gasteiger partial charge on any atom is -0.394 e. The van der Waals surface area contributed by atoms with E-state index in [4.69, 9.17) is 20.3 Å². The van der Waals surface area contributed by atoms with Crippen LogP contribution in [0.1, 0.15) is 52.4 Å². The second-order valence-electron chi connectivity index (χ2n) is 6.41. The van der Waals surface area contributed by atoms with Gasteiger partial charge in [-0.25, -0.2) is 0 Å². The van der Waals surface area contributed by atoms with Crippen molar-refractivity contribution in [1.29, 1.82) is 0 Å². The normalized spacial score (nSPS) is 29.3. The summed E-state index contributed by atoms with van der Waals surface area (Å²) in [7, 11) is 0. The zero-order valence-electron chi connectivity index (χ0n) is 14.3. The summed E-state index contributed by atoms with van der Waals surface area (Å²) >= 11 is 0. The zero-order valence-corrected chi connectivity index (χ0v) is 14.3. The van der Waals surface area contributed by atoms with Gasteiger partial charge in [0.25, 0.3) is 0 Å². The van der Waals surface area contributed by atoms with Gasteiger partial charge in [0.15, 0.2) is 5.79 Å². The van der Waals surface area contributed by atoms with Crippen molar-refractivity contribution in [3.05, 3.63) is 0 Å². The van der Waals surface area contributed by atoms with Crippen LogP contribution in [0.3, 0.4) is 0 Å². The molecular formula is C16H32N2O5. The van der Waals surface area contributed by atoms with Crippen LogP contribution in [0.4, 0.5) is 0 Å². The molecule has 4 atom stereocenters. The fourth-order valence-electron chi connectivity index (χ4n) is 2.86. The molecule has 0 aromatic rings. The molecule has 0 radical (unpaired) electrons. The molecule has 7 nitrogen and oxygen atoms in total. The molecule has 1 aliphatic heterocycles. The van der Waals surface area contributed by atoms with Gasteiger partial charge < -0.3 is 30.7 Å². The third kappa shape index (κ3) is 7.58. The number of hydrogen-bond acceptors (Lipinski definition) is 6. The van der Waals surface area contributed by atoms with Gasteiger partial charge in [-0.2, -0.15) is 0 Å². The van der Waals surface area contributed by atoms with Crippen LogP contribution < -0.4 is 11.1 Å². The molecule has 0 aliphatic carbocycles. The number of rotatable bonds is 10. The molecule has 1 amide bonds. The molecule has 0 aromatic carbocycles. The summed E-state index contributed by atoms with van der Waals surface area (Å²) in [6.45, 7) is 4.30. The Balaban J connectivity index is 2.55. The Morgan fingerprint density at radius 3 is 2.83 bits per heavy atom. The maximum absolute atomic E-state index is 11.3. The van der Waals surface area contributed by atoms with E-state index in [1.165, 1.54) is 6.92 Å². The maximum Gasteiger partial charge on any atom is 0.217 e. The number of aliphatic hydroxyl groups is 2. The van der Waals surface area contributed by atoms with Crippen LogP contribution in [0.25, 0.3) is 0 Å². The third-order valence-corrected chi connectivity index (χ3v) is 4.12. The molecule has 136 valence electrons. The second-order valence-corrected chi connectivity index (χ2v) is 6.41. The molecule has 1 heterocycles. The average molecular weight is 332 g/mol. The Labute approximate surface area is 138 Å². The molecule has 0 aromatic heterocycles. The summed E-state index contributed by atoms with van der Waals surface area (Å²) in [6.07, 6.45) is 3.31. The standard InChI is InChI=1S/C16H32N2O5/c1-12(20)18-14-6-7-16(2,22-9-5-3-4-8-17)23-15(14)10-13(21)11-19/h13-15,19,21H,3-11,17H2,1-2H3,(H,18,20)/t13-,14+,15?,16?/m0/s1. The van der Waals surface area contributed by atoms with Crippen molar-refractivity contribution in [3.8, 4) is 0 Å². The highest BCUT2D eigenvalue weighted by atomic mass is 16.7. The molecule has 1 rings (SSSR count). The van der Waals surface area contributed by atoms with Crippen LogP contribution >= 0.6 is 0 Å². The lowest BCUT2D eigenvalue weighted by Gasteiger charge is -2.43. The zero-order chi connectivity index (χ0) is 17.3. The lowest BCUT2D eigenvalue weighted by molar-refractivity contribution is -0.279. The van der Waals surface area contributed by atoms with E-state index in [2.05, 4.69) is 5.32 Å². The molecule has 23 heavy (non-hydrogen) atoms. The minimum absolute atomic E-state index is 0.131. The van der Waals surface area contributed by atoms with Gasteiger partial charge in [-0.1, -0.05) is 0 Å². The minimum atomic E-state index is -0.872. The molecule has 0 bridgehead atoms. The Morgan fingerprint density at radius 2 is 2.22 bits per heavy atom. The Kier molecular flexibility index (Phi) is 9.01. The van der Waals surface area contributed by atoms with Crippen LogP contribution in [0.2, 0.25) is 0 Å². The number of amides is 1. The summed E-state index contributed by atoms with van der Waals surface area (Å²) in [6, 6.07) is -0.178. The number of carbonyl (C=O) groups is 1.